The van der Waals surface area contributed by atoms with Gasteiger partial charge in [-0.3, -0.25) is 4.79 Å². The van der Waals surface area contributed by atoms with Crippen LogP contribution in [0.25, 0.3) is 0 Å². The van der Waals surface area contributed by atoms with Crippen LogP contribution < -0.4 is 15.0 Å². The SMILES string of the molecule is CN1CCN(c2ccc(NC(=O)COc3ccccc3C(C)(C)C)cc2)CC1. The van der Waals surface area contributed by atoms with E-state index in [4.69, 9.17) is 4.74 Å². The smallest absolute Gasteiger partial charge is 0.262 e. The zero-order valence-corrected chi connectivity index (χ0v) is 17.4. The van der Waals surface area contributed by atoms with Gasteiger partial charge >= 0.3 is 0 Å². The molecule has 5 nitrogen and oxygen atoms in total. The van der Waals surface area contributed by atoms with Crippen LogP contribution in [-0.2, 0) is 10.2 Å². The summed E-state index contributed by atoms with van der Waals surface area (Å²) in [5, 5.41) is 2.92. The molecule has 0 spiro atoms. The van der Waals surface area contributed by atoms with E-state index in [0.717, 1.165) is 43.2 Å². The van der Waals surface area contributed by atoms with Crippen LogP contribution in [0.4, 0.5) is 11.4 Å². The number of ether oxygens (including phenoxy) is 1. The summed E-state index contributed by atoms with van der Waals surface area (Å²) >= 11 is 0. The molecule has 28 heavy (non-hydrogen) atoms. The second kappa shape index (κ2) is 8.65. The number of carbonyl (C=O) groups is 1. The number of nitrogens with zero attached hydrogens (tertiary/aromatic N) is 2. The van der Waals surface area contributed by atoms with Crippen molar-refractivity contribution in [1.29, 1.82) is 0 Å². The van der Waals surface area contributed by atoms with Crippen LogP contribution in [0.5, 0.6) is 5.75 Å². The molecule has 0 unspecified atom stereocenters. The molecule has 0 atom stereocenters. The second-order valence-electron chi connectivity index (χ2n) is 8.42. The van der Waals surface area contributed by atoms with Gasteiger partial charge in [0.05, 0.1) is 0 Å². The third-order valence-electron chi connectivity index (χ3n) is 5.07. The lowest BCUT2D eigenvalue weighted by Crippen LogP contribution is -2.44. The zero-order chi connectivity index (χ0) is 20.1. The molecule has 2 aromatic rings. The maximum atomic E-state index is 12.3. The Morgan fingerprint density at radius 1 is 1.00 bits per heavy atom. The summed E-state index contributed by atoms with van der Waals surface area (Å²) in [6, 6.07) is 15.9. The van der Waals surface area contributed by atoms with Crippen molar-refractivity contribution in [3.8, 4) is 5.75 Å². The third-order valence-corrected chi connectivity index (χ3v) is 5.07. The lowest BCUT2D eigenvalue weighted by Gasteiger charge is -2.34. The highest BCUT2D eigenvalue weighted by Crippen LogP contribution is 2.30. The van der Waals surface area contributed by atoms with E-state index in [0.29, 0.717) is 0 Å². The Hall–Kier alpha value is -2.53. The minimum Gasteiger partial charge on any atom is -0.483 e. The Morgan fingerprint density at radius 3 is 2.29 bits per heavy atom. The summed E-state index contributed by atoms with van der Waals surface area (Å²) < 4.78 is 5.80. The Balaban J connectivity index is 1.54. The summed E-state index contributed by atoms with van der Waals surface area (Å²) in [4.78, 5) is 17.0. The molecule has 1 heterocycles. The van der Waals surface area contributed by atoms with Gasteiger partial charge in [0.1, 0.15) is 5.75 Å². The van der Waals surface area contributed by atoms with Crippen molar-refractivity contribution in [1.82, 2.24) is 4.90 Å². The van der Waals surface area contributed by atoms with Gasteiger partial charge in [-0.1, -0.05) is 39.0 Å². The van der Waals surface area contributed by atoms with E-state index in [-0.39, 0.29) is 17.9 Å². The Morgan fingerprint density at radius 2 is 1.64 bits per heavy atom. The molecule has 1 N–H and O–H groups in total. The van der Waals surface area contributed by atoms with Crippen molar-refractivity contribution in [3.05, 3.63) is 54.1 Å². The van der Waals surface area contributed by atoms with Gasteiger partial charge < -0.3 is 19.9 Å². The number of carbonyl (C=O) groups excluding carboxylic acids is 1. The number of hydrogen-bond donors (Lipinski definition) is 1. The number of likely N-dealkylation sites (N-methyl/N-ethyl adjacent to an activating group) is 1. The van der Waals surface area contributed by atoms with Crippen molar-refractivity contribution in [2.75, 3.05) is 50.1 Å². The molecular formula is C23H31N3O2. The van der Waals surface area contributed by atoms with Gasteiger partial charge in [0.15, 0.2) is 6.61 Å². The van der Waals surface area contributed by atoms with Crippen molar-refractivity contribution < 1.29 is 9.53 Å². The van der Waals surface area contributed by atoms with Gasteiger partial charge in [0, 0.05) is 37.6 Å². The van der Waals surface area contributed by atoms with Gasteiger partial charge in [0.2, 0.25) is 0 Å². The molecule has 5 heteroatoms. The largest absolute Gasteiger partial charge is 0.483 e. The standard InChI is InChI=1S/C23H31N3O2/c1-23(2,3)20-7-5-6-8-21(20)28-17-22(27)24-18-9-11-19(12-10-18)26-15-13-25(4)14-16-26/h5-12H,13-17H2,1-4H3,(H,24,27). The first-order valence-corrected chi connectivity index (χ1v) is 9.88. The summed E-state index contributed by atoms with van der Waals surface area (Å²) in [7, 11) is 2.15. The van der Waals surface area contributed by atoms with Crippen LogP contribution in [0.2, 0.25) is 0 Å². The molecule has 2 aromatic carbocycles. The van der Waals surface area contributed by atoms with E-state index in [1.807, 2.05) is 36.4 Å². The molecular weight excluding hydrogens is 350 g/mol. The Kier molecular flexibility index (Phi) is 6.25. The van der Waals surface area contributed by atoms with Gasteiger partial charge in [-0.25, -0.2) is 0 Å². The normalized spacial score (nSPS) is 15.4. The van der Waals surface area contributed by atoms with Crippen molar-refractivity contribution in [2.45, 2.75) is 26.2 Å². The molecule has 1 amide bonds. The van der Waals surface area contributed by atoms with Gasteiger partial charge in [-0.2, -0.15) is 0 Å². The number of nitrogens with one attached hydrogen (secondary N) is 1. The van der Waals surface area contributed by atoms with Crippen molar-refractivity contribution in [3.63, 3.8) is 0 Å². The van der Waals surface area contributed by atoms with E-state index in [1.54, 1.807) is 0 Å². The number of rotatable bonds is 5. The molecule has 1 aliphatic rings. The van der Waals surface area contributed by atoms with Crippen LogP contribution in [-0.4, -0.2) is 50.6 Å². The van der Waals surface area contributed by atoms with Crippen molar-refractivity contribution >= 4 is 17.3 Å². The topological polar surface area (TPSA) is 44.8 Å². The second-order valence-corrected chi connectivity index (χ2v) is 8.42. The number of anilines is 2. The van der Waals surface area contributed by atoms with E-state index < -0.39 is 0 Å². The molecule has 1 aliphatic heterocycles. The van der Waals surface area contributed by atoms with E-state index in [2.05, 4.69) is 55.1 Å². The maximum absolute atomic E-state index is 12.3. The van der Waals surface area contributed by atoms with Gasteiger partial charge in [0.25, 0.3) is 5.91 Å². The minimum atomic E-state index is -0.156. The molecule has 0 aromatic heterocycles. The minimum absolute atomic E-state index is 0.00664. The molecule has 0 aliphatic carbocycles. The molecule has 0 saturated carbocycles. The number of hydrogen-bond acceptors (Lipinski definition) is 4. The van der Waals surface area contributed by atoms with Crippen molar-refractivity contribution in [2.24, 2.45) is 0 Å². The summed E-state index contributed by atoms with van der Waals surface area (Å²) in [6.07, 6.45) is 0. The summed E-state index contributed by atoms with van der Waals surface area (Å²) in [5.41, 5.74) is 3.04. The first-order chi connectivity index (χ1) is 13.3. The first-order valence-electron chi connectivity index (χ1n) is 9.88. The average molecular weight is 382 g/mol. The molecule has 1 fully saturated rings. The molecule has 3 rings (SSSR count). The fourth-order valence-electron chi connectivity index (χ4n) is 3.37. The van der Waals surface area contributed by atoms with E-state index in [9.17, 15) is 4.79 Å². The molecule has 0 radical (unpaired) electrons. The zero-order valence-electron chi connectivity index (χ0n) is 17.4. The van der Waals surface area contributed by atoms with Crippen LogP contribution >= 0.6 is 0 Å². The molecule has 1 saturated heterocycles. The van der Waals surface area contributed by atoms with Crippen LogP contribution in [0, 0.1) is 0 Å². The Labute approximate surface area is 168 Å². The third kappa shape index (κ3) is 5.26. The van der Waals surface area contributed by atoms with Gasteiger partial charge in [-0.15, -0.1) is 0 Å². The lowest BCUT2D eigenvalue weighted by atomic mass is 9.86. The predicted molar refractivity (Wildman–Crippen MR) is 115 cm³/mol. The van der Waals surface area contributed by atoms with E-state index >= 15 is 0 Å². The molecule has 150 valence electrons. The van der Waals surface area contributed by atoms with Crippen LogP contribution in [0.3, 0.4) is 0 Å². The predicted octanol–water partition coefficient (Wildman–Crippen LogP) is 3.75. The Bertz CT molecular complexity index is 788. The van der Waals surface area contributed by atoms with E-state index in [1.165, 1.54) is 5.69 Å². The number of benzene rings is 2. The van der Waals surface area contributed by atoms with Crippen LogP contribution in [0.1, 0.15) is 26.3 Å². The summed E-state index contributed by atoms with van der Waals surface area (Å²) in [5.74, 6) is 0.603. The highest BCUT2D eigenvalue weighted by Gasteiger charge is 2.19. The number of amides is 1. The molecule has 0 bridgehead atoms. The quantitative estimate of drug-likeness (QED) is 0.857. The number of piperazine rings is 1. The first kappa shape index (κ1) is 20.2. The average Bonchev–Trinajstić information content (AvgIpc) is 2.67. The monoisotopic (exact) mass is 381 g/mol. The fourth-order valence-corrected chi connectivity index (χ4v) is 3.37. The summed E-state index contributed by atoms with van der Waals surface area (Å²) in [6.45, 7) is 10.6. The van der Waals surface area contributed by atoms with Gasteiger partial charge in [-0.05, 0) is 48.4 Å². The lowest BCUT2D eigenvalue weighted by molar-refractivity contribution is -0.118. The maximum Gasteiger partial charge on any atom is 0.262 e. The number of para-hydroxylation sites is 1. The van der Waals surface area contributed by atoms with Crippen LogP contribution in [0.15, 0.2) is 48.5 Å². The highest BCUT2D eigenvalue weighted by atomic mass is 16.5. The highest BCUT2D eigenvalue weighted by molar-refractivity contribution is 5.92. The fraction of sp³-hybridized carbons (Fsp3) is 0.435.